The van der Waals surface area contributed by atoms with Crippen molar-refractivity contribution < 1.29 is 9.15 Å². The first-order valence-electron chi connectivity index (χ1n) is 8.28. The molecule has 0 aliphatic rings. The molecule has 0 atom stereocenters. The SMILES string of the molecule is C[N+](C)=C/C=C(/S/C(=C/C=[N+](C)C)c1ccccc1)c1ccccc1. The molecule has 0 bridgehead atoms. The molecule has 2 rings (SSSR count). The Hall–Kier alpha value is -2.39. The van der Waals surface area contributed by atoms with Crippen molar-refractivity contribution in [1.29, 1.82) is 0 Å². The van der Waals surface area contributed by atoms with Gasteiger partial charge in [-0.15, -0.1) is 0 Å². The van der Waals surface area contributed by atoms with Gasteiger partial charge in [-0.1, -0.05) is 72.4 Å². The Morgan fingerprint density at radius 1 is 0.640 bits per heavy atom. The third-order valence-corrected chi connectivity index (χ3v) is 4.57. The van der Waals surface area contributed by atoms with E-state index in [0.29, 0.717) is 0 Å². The first kappa shape index (κ1) is 18.9. The number of nitrogens with zero attached hydrogens (tertiary/aromatic N) is 2. The maximum Gasteiger partial charge on any atom is 0.164 e. The van der Waals surface area contributed by atoms with Crippen molar-refractivity contribution >= 4 is 34.0 Å². The highest BCUT2D eigenvalue weighted by Gasteiger charge is 2.09. The molecule has 0 fully saturated rings. The Kier molecular flexibility index (Phi) is 7.42. The van der Waals surface area contributed by atoms with Crippen molar-refractivity contribution in [2.75, 3.05) is 28.2 Å². The van der Waals surface area contributed by atoms with Crippen LogP contribution in [0, 0.1) is 0 Å². The van der Waals surface area contributed by atoms with Gasteiger partial charge in [0, 0.05) is 22.0 Å². The summed E-state index contributed by atoms with van der Waals surface area (Å²) >= 11 is 1.79. The average molecular weight is 351 g/mol. The lowest BCUT2D eigenvalue weighted by atomic mass is 10.2. The number of allylic oxidation sites excluding steroid dienone is 2. The molecular weight excluding hydrogens is 324 g/mol. The van der Waals surface area contributed by atoms with Crippen LogP contribution in [0.25, 0.3) is 9.81 Å². The van der Waals surface area contributed by atoms with E-state index in [9.17, 15) is 0 Å². The molecule has 3 heteroatoms. The number of benzene rings is 2. The second-order valence-corrected chi connectivity index (χ2v) is 7.21. The average Bonchev–Trinajstić information content (AvgIpc) is 2.62. The molecule has 0 heterocycles. The van der Waals surface area contributed by atoms with Crippen molar-refractivity contribution in [3.05, 3.63) is 83.9 Å². The molecule has 0 aliphatic heterocycles. The van der Waals surface area contributed by atoms with Gasteiger partial charge >= 0.3 is 0 Å². The fraction of sp³-hybridized carbons (Fsp3) is 0.182. The van der Waals surface area contributed by atoms with E-state index in [1.807, 2.05) is 28.2 Å². The van der Waals surface area contributed by atoms with Gasteiger partial charge in [-0.2, -0.15) is 0 Å². The van der Waals surface area contributed by atoms with Crippen molar-refractivity contribution in [2.24, 2.45) is 0 Å². The molecule has 2 aromatic rings. The molecule has 0 unspecified atom stereocenters. The van der Waals surface area contributed by atoms with Gasteiger partial charge in [0.15, 0.2) is 12.4 Å². The lowest BCUT2D eigenvalue weighted by Gasteiger charge is -2.10. The Morgan fingerprint density at radius 2 is 1.00 bits per heavy atom. The number of hydrogen-bond donors (Lipinski definition) is 0. The maximum atomic E-state index is 2.17. The summed E-state index contributed by atoms with van der Waals surface area (Å²) in [7, 11) is 8.16. The fourth-order valence-electron chi connectivity index (χ4n) is 2.14. The second kappa shape index (κ2) is 9.80. The minimum atomic E-state index is 1.22. The van der Waals surface area contributed by atoms with Crippen LogP contribution in [0.4, 0.5) is 0 Å². The van der Waals surface area contributed by atoms with Crippen LogP contribution in [0.5, 0.6) is 0 Å². The molecule has 2 aromatic carbocycles. The van der Waals surface area contributed by atoms with Crippen molar-refractivity contribution in [1.82, 2.24) is 0 Å². The summed E-state index contributed by atoms with van der Waals surface area (Å²) in [6.07, 6.45) is 8.53. The number of rotatable bonds is 6. The van der Waals surface area contributed by atoms with Crippen LogP contribution >= 0.6 is 11.8 Å². The lowest BCUT2D eigenvalue weighted by molar-refractivity contribution is -0.458. The predicted octanol–water partition coefficient (Wildman–Crippen LogP) is 4.49. The van der Waals surface area contributed by atoms with Gasteiger partial charge in [0.1, 0.15) is 28.2 Å². The highest BCUT2D eigenvalue weighted by atomic mass is 32.2. The maximum absolute atomic E-state index is 2.17. The van der Waals surface area contributed by atoms with Gasteiger partial charge in [-0.05, 0) is 11.1 Å². The minimum Gasteiger partial charge on any atom is -0.241 e. The molecule has 0 spiro atoms. The van der Waals surface area contributed by atoms with Crippen molar-refractivity contribution in [2.45, 2.75) is 0 Å². The van der Waals surface area contributed by atoms with E-state index in [1.54, 1.807) is 11.8 Å². The van der Waals surface area contributed by atoms with E-state index in [0.717, 1.165) is 0 Å². The third kappa shape index (κ3) is 6.55. The van der Waals surface area contributed by atoms with Gasteiger partial charge < -0.3 is 0 Å². The Bertz CT molecular complexity index is 723. The van der Waals surface area contributed by atoms with Crippen molar-refractivity contribution in [3.8, 4) is 0 Å². The van der Waals surface area contributed by atoms with E-state index >= 15 is 0 Å². The topological polar surface area (TPSA) is 6.02 Å². The molecule has 25 heavy (non-hydrogen) atoms. The summed E-state index contributed by atoms with van der Waals surface area (Å²) in [6, 6.07) is 21.0. The van der Waals surface area contributed by atoms with E-state index in [1.165, 1.54) is 20.9 Å². The van der Waals surface area contributed by atoms with Crippen LogP contribution in [0.1, 0.15) is 11.1 Å². The van der Waals surface area contributed by atoms with E-state index in [4.69, 9.17) is 0 Å². The molecule has 0 aliphatic carbocycles. The molecule has 0 amide bonds. The summed E-state index contributed by atoms with van der Waals surface area (Å²) in [6.45, 7) is 0. The zero-order chi connectivity index (χ0) is 18.1. The first-order chi connectivity index (χ1) is 12.1. The zero-order valence-electron chi connectivity index (χ0n) is 15.4. The van der Waals surface area contributed by atoms with Crippen molar-refractivity contribution in [3.63, 3.8) is 0 Å². The summed E-state index contributed by atoms with van der Waals surface area (Å²) in [4.78, 5) is 2.44. The van der Waals surface area contributed by atoms with Crippen LogP contribution in [-0.2, 0) is 0 Å². The number of hydrogen-bond acceptors (Lipinski definition) is 1. The smallest absolute Gasteiger partial charge is 0.164 e. The van der Waals surface area contributed by atoms with E-state index < -0.39 is 0 Å². The monoisotopic (exact) mass is 350 g/mol. The zero-order valence-corrected chi connectivity index (χ0v) is 16.2. The van der Waals surface area contributed by atoms with Gasteiger partial charge in [0.2, 0.25) is 0 Å². The fourth-order valence-corrected chi connectivity index (χ4v) is 3.14. The Balaban J connectivity index is 2.45. The molecule has 2 nitrogen and oxygen atoms in total. The van der Waals surface area contributed by atoms with Crippen LogP contribution in [0.2, 0.25) is 0 Å². The summed E-state index contributed by atoms with van der Waals surface area (Å²) in [5.41, 5.74) is 2.44. The molecule has 0 saturated heterocycles. The number of thioether (sulfide) groups is 1. The van der Waals surface area contributed by atoms with Crippen LogP contribution in [-0.4, -0.2) is 49.8 Å². The Morgan fingerprint density at radius 3 is 1.32 bits per heavy atom. The van der Waals surface area contributed by atoms with E-state index in [-0.39, 0.29) is 0 Å². The molecular formula is C22H26N2S+2. The molecule has 128 valence electrons. The normalized spacial score (nSPS) is 11.8. The van der Waals surface area contributed by atoms with Gasteiger partial charge in [-0.3, -0.25) is 0 Å². The van der Waals surface area contributed by atoms with Gasteiger partial charge in [0.25, 0.3) is 0 Å². The summed E-state index contributed by atoms with van der Waals surface area (Å²) < 4.78 is 4.11. The van der Waals surface area contributed by atoms with Crippen LogP contribution in [0.15, 0.2) is 72.8 Å². The minimum absolute atomic E-state index is 1.22. The van der Waals surface area contributed by atoms with Gasteiger partial charge in [0.05, 0.1) is 0 Å². The summed E-state index contributed by atoms with van der Waals surface area (Å²) in [5.74, 6) is 0. The first-order valence-corrected chi connectivity index (χ1v) is 9.10. The standard InChI is InChI=1S/C22H26N2S/c1-23(2)17-15-21(19-11-7-5-8-12-19)25-22(16-18-24(3)4)20-13-9-6-10-14-20/h5-18H,1-4H3/q+2/b21-15+,22-16+. The Labute approximate surface area is 155 Å². The quantitative estimate of drug-likeness (QED) is 0.549. The second-order valence-electron chi connectivity index (χ2n) is 6.12. The molecule has 0 saturated carbocycles. The highest BCUT2D eigenvalue weighted by molar-refractivity contribution is 8.16. The highest BCUT2D eigenvalue weighted by Crippen LogP contribution is 2.38. The van der Waals surface area contributed by atoms with Crippen LogP contribution < -0.4 is 0 Å². The molecule has 0 N–H and O–H groups in total. The predicted molar refractivity (Wildman–Crippen MR) is 113 cm³/mol. The third-order valence-electron chi connectivity index (χ3n) is 3.38. The van der Waals surface area contributed by atoms with E-state index in [2.05, 4.69) is 94.4 Å². The van der Waals surface area contributed by atoms with Crippen LogP contribution in [0.3, 0.4) is 0 Å². The summed E-state index contributed by atoms with van der Waals surface area (Å²) in [5, 5.41) is 0. The van der Waals surface area contributed by atoms with Gasteiger partial charge in [-0.25, -0.2) is 9.15 Å². The lowest BCUT2D eigenvalue weighted by Crippen LogP contribution is -1.97. The largest absolute Gasteiger partial charge is 0.241 e. The molecule has 0 radical (unpaired) electrons. The molecule has 0 aromatic heterocycles.